The molecule has 1 atom stereocenters. The van der Waals surface area contributed by atoms with Gasteiger partial charge in [0, 0.05) is 6.54 Å². The minimum Gasteiger partial charge on any atom is -0.481 e. The van der Waals surface area contributed by atoms with E-state index in [4.69, 9.17) is 4.74 Å². The Balaban J connectivity index is 2.44. The molecule has 3 heteroatoms. The first-order valence-corrected chi connectivity index (χ1v) is 7.07. The highest BCUT2D eigenvalue weighted by atomic mass is 16.5. The van der Waals surface area contributed by atoms with Crippen molar-refractivity contribution in [3.05, 3.63) is 29.8 Å². The number of carbonyl (C=O) groups excluding carboxylic acids is 1. The van der Waals surface area contributed by atoms with Crippen molar-refractivity contribution in [2.75, 3.05) is 6.54 Å². The fourth-order valence-corrected chi connectivity index (χ4v) is 1.91. The van der Waals surface area contributed by atoms with Crippen LogP contribution < -0.4 is 10.1 Å². The lowest BCUT2D eigenvalue weighted by molar-refractivity contribution is -0.127. The van der Waals surface area contributed by atoms with E-state index in [1.165, 1.54) is 0 Å². The van der Waals surface area contributed by atoms with Gasteiger partial charge in [0.1, 0.15) is 5.75 Å². The molecule has 0 saturated carbocycles. The van der Waals surface area contributed by atoms with E-state index in [1.54, 1.807) is 6.92 Å². The molecule has 0 fully saturated rings. The van der Waals surface area contributed by atoms with Gasteiger partial charge < -0.3 is 10.1 Å². The molecule has 1 rings (SSSR count). The molecule has 0 saturated heterocycles. The predicted molar refractivity (Wildman–Crippen MR) is 78.4 cm³/mol. The van der Waals surface area contributed by atoms with Crippen molar-refractivity contribution in [3.63, 3.8) is 0 Å². The van der Waals surface area contributed by atoms with E-state index in [9.17, 15) is 4.79 Å². The fraction of sp³-hybridized carbons (Fsp3) is 0.562. The van der Waals surface area contributed by atoms with E-state index in [1.807, 2.05) is 31.2 Å². The zero-order chi connectivity index (χ0) is 14.3. The summed E-state index contributed by atoms with van der Waals surface area (Å²) in [6, 6.07) is 7.74. The maximum absolute atomic E-state index is 11.9. The third-order valence-corrected chi connectivity index (χ3v) is 3.39. The molecular formula is C16H25NO2. The highest BCUT2D eigenvalue weighted by molar-refractivity contribution is 5.80. The number of carbonyl (C=O) groups is 1. The zero-order valence-corrected chi connectivity index (χ0v) is 12.4. The van der Waals surface area contributed by atoms with Gasteiger partial charge in [0.25, 0.3) is 5.91 Å². The Labute approximate surface area is 116 Å². The number of amides is 1. The summed E-state index contributed by atoms with van der Waals surface area (Å²) in [5, 5.41) is 2.96. The Kier molecular flexibility index (Phi) is 6.40. The van der Waals surface area contributed by atoms with Crippen molar-refractivity contribution in [2.24, 2.45) is 5.92 Å². The summed E-state index contributed by atoms with van der Waals surface area (Å²) >= 11 is 0. The largest absolute Gasteiger partial charge is 0.481 e. The summed E-state index contributed by atoms with van der Waals surface area (Å²) in [6.45, 7) is 8.81. The van der Waals surface area contributed by atoms with E-state index in [0.29, 0.717) is 5.92 Å². The summed E-state index contributed by atoms with van der Waals surface area (Å²) in [6.07, 6.45) is 1.71. The second-order valence-corrected chi connectivity index (χ2v) is 5.00. The van der Waals surface area contributed by atoms with Crippen LogP contribution in [0.15, 0.2) is 24.3 Å². The highest BCUT2D eigenvalue weighted by Gasteiger charge is 2.15. The summed E-state index contributed by atoms with van der Waals surface area (Å²) in [5.74, 6) is 1.24. The third kappa shape index (κ3) is 5.33. The Morgan fingerprint density at radius 1 is 1.32 bits per heavy atom. The van der Waals surface area contributed by atoms with Gasteiger partial charge in [0.2, 0.25) is 0 Å². The molecule has 1 N–H and O–H groups in total. The third-order valence-electron chi connectivity index (χ3n) is 3.39. The van der Waals surface area contributed by atoms with Gasteiger partial charge in [0.05, 0.1) is 0 Å². The fourth-order valence-electron chi connectivity index (χ4n) is 1.91. The molecule has 0 radical (unpaired) electrons. The van der Waals surface area contributed by atoms with Crippen LogP contribution in [0.2, 0.25) is 0 Å². The van der Waals surface area contributed by atoms with E-state index < -0.39 is 6.10 Å². The maximum atomic E-state index is 11.9. The molecule has 1 aromatic carbocycles. The molecule has 0 aliphatic rings. The molecule has 106 valence electrons. The molecule has 0 aliphatic heterocycles. The molecule has 1 unspecified atom stereocenters. The van der Waals surface area contributed by atoms with E-state index in [2.05, 4.69) is 19.2 Å². The second-order valence-electron chi connectivity index (χ2n) is 5.00. The monoisotopic (exact) mass is 263 g/mol. The minimum absolute atomic E-state index is 0.0478. The SMILES string of the molecule is CCC(CC)CNC(=O)C(C)Oc1cccc(C)c1. The molecule has 19 heavy (non-hydrogen) atoms. The average Bonchev–Trinajstić information content (AvgIpc) is 2.39. The van der Waals surface area contributed by atoms with Crippen molar-refractivity contribution in [1.82, 2.24) is 5.32 Å². The predicted octanol–water partition coefficient (Wildman–Crippen LogP) is 3.31. The molecule has 3 nitrogen and oxygen atoms in total. The van der Waals surface area contributed by atoms with Gasteiger partial charge in [-0.3, -0.25) is 4.79 Å². The number of benzene rings is 1. The van der Waals surface area contributed by atoms with E-state index >= 15 is 0 Å². The molecule has 0 spiro atoms. The van der Waals surface area contributed by atoms with Crippen LogP contribution in [-0.2, 0) is 4.79 Å². The summed E-state index contributed by atoms with van der Waals surface area (Å²) in [5.41, 5.74) is 1.13. The second kappa shape index (κ2) is 7.82. The molecule has 0 aliphatic carbocycles. The van der Waals surface area contributed by atoms with E-state index in [0.717, 1.165) is 30.7 Å². The Bertz CT molecular complexity index is 399. The smallest absolute Gasteiger partial charge is 0.260 e. The molecular weight excluding hydrogens is 238 g/mol. The van der Waals surface area contributed by atoms with Crippen molar-refractivity contribution in [3.8, 4) is 5.75 Å². The number of ether oxygens (including phenoxy) is 1. The first kappa shape index (κ1) is 15.5. The number of aryl methyl sites for hydroxylation is 1. The minimum atomic E-state index is -0.462. The van der Waals surface area contributed by atoms with Crippen LogP contribution in [-0.4, -0.2) is 18.6 Å². The Hall–Kier alpha value is -1.51. The topological polar surface area (TPSA) is 38.3 Å². The van der Waals surface area contributed by atoms with E-state index in [-0.39, 0.29) is 5.91 Å². The standard InChI is InChI=1S/C16H25NO2/c1-5-14(6-2)11-17-16(18)13(4)19-15-9-7-8-12(3)10-15/h7-10,13-14H,5-6,11H2,1-4H3,(H,17,18). The Morgan fingerprint density at radius 3 is 2.58 bits per heavy atom. The highest BCUT2D eigenvalue weighted by Crippen LogP contribution is 2.14. The lowest BCUT2D eigenvalue weighted by Crippen LogP contribution is -2.38. The van der Waals surface area contributed by atoms with Gasteiger partial charge in [-0.25, -0.2) is 0 Å². The van der Waals surface area contributed by atoms with Crippen LogP contribution in [0.5, 0.6) is 5.75 Å². The van der Waals surface area contributed by atoms with Gasteiger partial charge in [-0.05, 0) is 37.5 Å². The number of nitrogens with one attached hydrogen (secondary N) is 1. The number of hydrogen-bond acceptors (Lipinski definition) is 2. The number of rotatable bonds is 7. The molecule has 0 bridgehead atoms. The molecule has 0 heterocycles. The van der Waals surface area contributed by atoms with Gasteiger partial charge in [-0.1, -0.05) is 38.8 Å². The van der Waals surface area contributed by atoms with Crippen LogP contribution in [0.1, 0.15) is 39.2 Å². The lowest BCUT2D eigenvalue weighted by atomic mass is 10.0. The molecule has 1 aromatic rings. The Morgan fingerprint density at radius 2 is 2.00 bits per heavy atom. The molecule has 0 aromatic heterocycles. The van der Waals surface area contributed by atoms with Crippen molar-refractivity contribution in [1.29, 1.82) is 0 Å². The summed E-state index contributed by atoms with van der Waals surface area (Å²) in [4.78, 5) is 11.9. The van der Waals surface area contributed by atoms with Gasteiger partial charge in [0.15, 0.2) is 6.10 Å². The van der Waals surface area contributed by atoms with Crippen LogP contribution in [0.3, 0.4) is 0 Å². The average molecular weight is 263 g/mol. The van der Waals surface area contributed by atoms with Crippen LogP contribution in [0.4, 0.5) is 0 Å². The van der Waals surface area contributed by atoms with Crippen LogP contribution >= 0.6 is 0 Å². The normalized spacial score (nSPS) is 12.3. The zero-order valence-electron chi connectivity index (χ0n) is 12.4. The van der Waals surface area contributed by atoms with Gasteiger partial charge >= 0.3 is 0 Å². The van der Waals surface area contributed by atoms with Gasteiger partial charge in [-0.2, -0.15) is 0 Å². The summed E-state index contributed by atoms with van der Waals surface area (Å²) < 4.78 is 5.64. The van der Waals surface area contributed by atoms with Gasteiger partial charge in [-0.15, -0.1) is 0 Å². The molecule has 1 amide bonds. The first-order chi connectivity index (χ1) is 9.06. The number of hydrogen-bond donors (Lipinski definition) is 1. The van der Waals surface area contributed by atoms with Crippen molar-refractivity contribution in [2.45, 2.75) is 46.6 Å². The van der Waals surface area contributed by atoms with Crippen molar-refractivity contribution >= 4 is 5.91 Å². The maximum Gasteiger partial charge on any atom is 0.260 e. The van der Waals surface area contributed by atoms with Crippen LogP contribution in [0, 0.1) is 12.8 Å². The quantitative estimate of drug-likeness (QED) is 0.819. The first-order valence-electron chi connectivity index (χ1n) is 7.07. The summed E-state index contributed by atoms with van der Waals surface area (Å²) in [7, 11) is 0. The van der Waals surface area contributed by atoms with Crippen molar-refractivity contribution < 1.29 is 9.53 Å². The lowest BCUT2D eigenvalue weighted by Gasteiger charge is -2.17. The van der Waals surface area contributed by atoms with Crippen LogP contribution in [0.25, 0.3) is 0 Å².